The second-order valence-corrected chi connectivity index (χ2v) is 6.67. The summed E-state index contributed by atoms with van der Waals surface area (Å²) in [4.78, 5) is 27.9. The van der Waals surface area contributed by atoms with E-state index in [0.29, 0.717) is 16.2 Å². The third-order valence-electron chi connectivity index (χ3n) is 4.91. The number of nitrogens with zero attached hydrogens (tertiary/aromatic N) is 3. The molecule has 26 heavy (non-hydrogen) atoms. The number of benzene rings is 1. The average Bonchev–Trinajstić information content (AvgIpc) is 3.11. The molecule has 0 amide bonds. The van der Waals surface area contributed by atoms with Crippen LogP contribution in [-0.4, -0.2) is 36.9 Å². The summed E-state index contributed by atoms with van der Waals surface area (Å²) in [5, 5.41) is 24.2. The van der Waals surface area contributed by atoms with E-state index in [0.717, 1.165) is 0 Å². The summed E-state index contributed by atoms with van der Waals surface area (Å²) in [5.41, 5.74) is -0.0619. The van der Waals surface area contributed by atoms with E-state index < -0.39 is 23.3 Å². The van der Waals surface area contributed by atoms with Gasteiger partial charge in [0.1, 0.15) is 12.7 Å². The number of hydrogen-bond donors (Lipinski definition) is 2. The zero-order chi connectivity index (χ0) is 19.1. The van der Waals surface area contributed by atoms with Gasteiger partial charge in [-0.1, -0.05) is 30.7 Å². The molecule has 2 aromatic rings. The van der Waals surface area contributed by atoms with Gasteiger partial charge < -0.3 is 10.2 Å². The first-order chi connectivity index (χ1) is 12.3. The van der Waals surface area contributed by atoms with Crippen molar-refractivity contribution in [2.24, 2.45) is 11.3 Å². The SMILES string of the molecule is CC1C(C(=O)O)=C(n2cncn2)C=C(c2ccc(Cl)cc2)C1(C)C(=O)O. The molecule has 0 saturated heterocycles. The van der Waals surface area contributed by atoms with Crippen LogP contribution < -0.4 is 0 Å². The third kappa shape index (κ3) is 2.70. The Morgan fingerprint density at radius 2 is 1.88 bits per heavy atom. The number of carboxylic acid groups (broad SMARTS) is 2. The molecule has 8 heteroatoms. The molecule has 3 rings (SSSR count). The van der Waals surface area contributed by atoms with Gasteiger partial charge in [-0.25, -0.2) is 14.5 Å². The van der Waals surface area contributed by atoms with Gasteiger partial charge >= 0.3 is 11.9 Å². The molecule has 0 aliphatic heterocycles. The Labute approximate surface area is 154 Å². The molecule has 1 aromatic heterocycles. The van der Waals surface area contributed by atoms with Crippen molar-refractivity contribution in [1.29, 1.82) is 0 Å². The molecule has 0 bridgehead atoms. The van der Waals surface area contributed by atoms with E-state index in [9.17, 15) is 19.8 Å². The second-order valence-electron chi connectivity index (χ2n) is 6.24. The number of aromatic nitrogens is 3. The summed E-state index contributed by atoms with van der Waals surface area (Å²) in [6.07, 6.45) is 4.22. The van der Waals surface area contributed by atoms with E-state index in [4.69, 9.17) is 11.6 Å². The Morgan fingerprint density at radius 3 is 2.38 bits per heavy atom. The van der Waals surface area contributed by atoms with Crippen molar-refractivity contribution in [1.82, 2.24) is 14.8 Å². The fraction of sp³-hybridized carbons (Fsp3) is 0.222. The summed E-state index contributed by atoms with van der Waals surface area (Å²) in [5.74, 6) is -3.11. The maximum absolute atomic E-state index is 12.2. The van der Waals surface area contributed by atoms with Crippen LogP contribution in [0.2, 0.25) is 5.02 Å². The van der Waals surface area contributed by atoms with Crippen molar-refractivity contribution in [3.8, 4) is 0 Å². The molecule has 1 heterocycles. The van der Waals surface area contributed by atoms with Crippen LogP contribution in [-0.2, 0) is 9.59 Å². The van der Waals surface area contributed by atoms with Gasteiger partial charge in [0.05, 0.1) is 16.7 Å². The van der Waals surface area contributed by atoms with Crippen molar-refractivity contribution >= 4 is 34.8 Å². The molecule has 1 aromatic carbocycles. The molecular weight excluding hydrogens is 358 g/mol. The molecule has 1 aliphatic carbocycles. The highest BCUT2D eigenvalue weighted by Gasteiger charge is 2.49. The van der Waals surface area contributed by atoms with Gasteiger partial charge in [-0.3, -0.25) is 4.79 Å². The minimum absolute atomic E-state index is 0.0295. The molecule has 2 unspecified atom stereocenters. The van der Waals surface area contributed by atoms with E-state index >= 15 is 0 Å². The summed E-state index contributed by atoms with van der Waals surface area (Å²) in [6.45, 7) is 3.12. The highest BCUT2D eigenvalue weighted by Crippen LogP contribution is 2.50. The lowest BCUT2D eigenvalue weighted by atomic mass is 9.64. The number of aliphatic carboxylic acids is 2. The van der Waals surface area contributed by atoms with Crippen LogP contribution in [0, 0.1) is 11.3 Å². The Balaban J connectivity index is 2.33. The van der Waals surface area contributed by atoms with E-state index in [1.54, 1.807) is 37.3 Å². The molecule has 0 fully saturated rings. The summed E-state index contributed by atoms with van der Waals surface area (Å²) >= 11 is 5.94. The number of halogens is 1. The first kappa shape index (κ1) is 17.9. The monoisotopic (exact) mass is 373 g/mol. The number of allylic oxidation sites excluding steroid dienone is 2. The van der Waals surface area contributed by atoms with E-state index in [1.165, 1.54) is 24.3 Å². The normalized spacial score (nSPS) is 22.9. The molecule has 0 saturated carbocycles. The fourth-order valence-electron chi connectivity index (χ4n) is 3.24. The highest BCUT2D eigenvalue weighted by atomic mass is 35.5. The maximum Gasteiger partial charge on any atom is 0.334 e. The molecule has 134 valence electrons. The van der Waals surface area contributed by atoms with Crippen molar-refractivity contribution in [3.05, 3.63) is 59.2 Å². The Morgan fingerprint density at radius 1 is 1.23 bits per heavy atom. The van der Waals surface area contributed by atoms with E-state index in [1.807, 2.05) is 0 Å². The second kappa shape index (κ2) is 6.42. The summed E-state index contributed by atoms with van der Waals surface area (Å²) in [6, 6.07) is 6.76. The van der Waals surface area contributed by atoms with Gasteiger partial charge in [0.15, 0.2) is 0 Å². The van der Waals surface area contributed by atoms with Gasteiger partial charge in [-0.05, 0) is 36.3 Å². The van der Waals surface area contributed by atoms with Crippen molar-refractivity contribution < 1.29 is 19.8 Å². The highest BCUT2D eigenvalue weighted by molar-refractivity contribution is 6.30. The number of rotatable bonds is 4. The quantitative estimate of drug-likeness (QED) is 0.853. The van der Waals surface area contributed by atoms with Gasteiger partial charge in [0, 0.05) is 10.9 Å². The largest absolute Gasteiger partial charge is 0.481 e. The van der Waals surface area contributed by atoms with E-state index in [2.05, 4.69) is 10.1 Å². The standard InChI is InChI=1S/C18H16ClN3O4/c1-10-15(16(23)24)14(22-9-20-8-21-22)7-13(18(10,2)17(25)26)11-3-5-12(19)6-4-11/h3-10H,1-2H3,(H,23,24)(H,25,26). The fourth-order valence-corrected chi connectivity index (χ4v) is 3.36. The summed E-state index contributed by atoms with van der Waals surface area (Å²) < 4.78 is 1.33. The van der Waals surface area contributed by atoms with Gasteiger partial charge in [-0.2, -0.15) is 5.10 Å². The first-order valence-electron chi connectivity index (χ1n) is 7.80. The van der Waals surface area contributed by atoms with Gasteiger partial charge in [-0.15, -0.1) is 0 Å². The van der Waals surface area contributed by atoms with Gasteiger partial charge in [0.2, 0.25) is 0 Å². The van der Waals surface area contributed by atoms with Crippen molar-refractivity contribution in [2.45, 2.75) is 13.8 Å². The van der Waals surface area contributed by atoms with Crippen LogP contribution in [0.15, 0.2) is 48.6 Å². The van der Waals surface area contributed by atoms with Gasteiger partial charge in [0.25, 0.3) is 0 Å². The van der Waals surface area contributed by atoms with Crippen LogP contribution >= 0.6 is 11.6 Å². The zero-order valence-corrected chi connectivity index (χ0v) is 14.8. The lowest BCUT2D eigenvalue weighted by Gasteiger charge is -2.38. The maximum atomic E-state index is 12.2. The number of carbonyl (C=O) groups is 2. The van der Waals surface area contributed by atoms with Crippen LogP contribution in [0.4, 0.5) is 0 Å². The molecule has 0 radical (unpaired) electrons. The van der Waals surface area contributed by atoms with Crippen molar-refractivity contribution in [3.63, 3.8) is 0 Å². The summed E-state index contributed by atoms with van der Waals surface area (Å²) in [7, 11) is 0. The lowest BCUT2D eigenvalue weighted by Crippen LogP contribution is -2.41. The van der Waals surface area contributed by atoms with Crippen LogP contribution in [0.25, 0.3) is 11.3 Å². The predicted octanol–water partition coefficient (Wildman–Crippen LogP) is 3.05. The lowest BCUT2D eigenvalue weighted by molar-refractivity contribution is -0.146. The Bertz CT molecular complexity index is 932. The van der Waals surface area contributed by atoms with E-state index in [-0.39, 0.29) is 11.3 Å². The molecule has 7 nitrogen and oxygen atoms in total. The Hall–Kier alpha value is -2.93. The molecule has 0 spiro atoms. The number of hydrogen-bond acceptors (Lipinski definition) is 4. The minimum Gasteiger partial charge on any atom is -0.481 e. The zero-order valence-electron chi connectivity index (χ0n) is 14.0. The molecule has 2 atom stereocenters. The minimum atomic E-state index is -1.44. The molecular formula is C18H16ClN3O4. The topological polar surface area (TPSA) is 105 Å². The number of carboxylic acids is 2. The average molecular weight is 374 g/mol. The van der Waals surface area contributed by atoms with Crippen molar-refractivity contribution in [2.75, 3.05) is 0 Å². The predicted molar refractivity (Wildman–Crippen MR) is 95.2 cm³/mol. The molecule has 2 N–H and O–H groups in total. The van der Waals surface area contributed by atoms with Crippen LogP contribution in [0.1, 0.15) is 19.4 Å². The smallest absolute Gasteiger partial charge is 0.334 e. The van der Waals surface area contributed by atoms with Crippen LogP contribution in [0.5, 0.6) is 0 Å². The first-order valence-corrected chi connectivity index (χ1v) is 8.18. The Kier molecular flexibility index (Phi) is 4.41. The third-order valence-corrected chi connectivity index (χ3v) is 5.16. The van der Waals surface area contributed by atoms with Crippen LogP contribution in [0.3, 0.4) is 0 Å². The molecule has 1 aliphatic rings.